The Morgan fingerprint density at radius 1 is 0.519 bits per heavy atom. The van der Waals surface area contributed by atoms with Crippen LogP contribution in [0, 0.1) is 17.8 Å². The highest BCUT2D eigenvalue weighted by Crippen LogP contribution is 2.60. The number of furan rings is 1. The minimum atomic E-state index is 0.368. The van der Waals surface area contributed by atoms with Crippen LogP contribution in [-0.2, 0) is 5.41 Å². The maximum atomic E-state index is 6.66. The van der Waals surface area contributed by atoms with Gasteiger partial charge in [-0.1, -0.05) is 72.8 Å². The number of rotatable bonds is 5. The van der Waals surface area contributed by atoms with Crippen molar-refractivity contribution >= 4 is 53.4 Å². The third kappa shape index (κ3) is 4.82. The summed E-state index contributed by atoms with van der Waals surface area (Å²) in [4.78, 5) is 19.8. The predicted molar refractivity (Wildman–Crippen MR) is 219 cm³/mol. The first-order chi connectivity index (χ1) is 26.6. The summed E-state index contributed by atoms with van der Waals surface area (Å²) in [6.45, 7) is 0. The minimum Gasteiger partial charge on any atom is -0.455 e. The molecule has 0 aliphatic heterocycles. The smallest absolute Gasteiger partial charge is 0.167 e. The number of nitrogens with zero attached hydrogens (tertiary/aromatic N) is 4. The van der Waals surface area contributed by atoms with Crippen LogP contribution in [0.15, 0.2) is 132 Å². The molecule has 0 radical (unpaired) electrons. The van der Waals surface area contributed by atoms with Crippen molar-refractivity contribution in [1.82, 2.24) is 19.9 Å². The van der Waals surface area contributed by atoms with Crippen molar-refractivity contribution in [3.63, 3.8) is 0 Å². The maximum Gasteiger partial charge on any atom is 0.167 e. The Labute approximate surface area is 316 Å². The zero-order chi connectivity index (χ0) is 35.4. The van der Waals surface area contributed by atoms with E-state index >= 15 is 0 Å². The van der Waals surface area contributed by atoms with Gasteiger partial charge < -0.3 is 4.42 Å². The molecule has 4 heterocycles. The van der Waals surface area contributed by atoms with Crippen LogP contribution in [0.2, 0.25) is 0 Å². The zero-order valence-electron chi connectivity index (χ0n) is 29.7. The van der Waals surface area contributed by atoms with Crippen molar-refractivity contribution in [2.24, 2.45) is 17.8 Å². The van der Waals surface area contributed by atoms with Crippen LogP contribution in [0.4, 0.5) is 0 Å². The Hall–Kier alpha value is -5.72. The Balaban J connectivity index is 1.03. The second-order valence-corrected chi connectivity index (χ2v) is 17.2. The van der Waals surface area contributed by atoms with Gasteiger partial charge in [0.1, 0.15) is 11.2 Å². The molecule has 5 nitrogen and oxygen atoms in total. The molecule has 4 aromatic heterocycles. The van der Waals surface area contributed by atoms with E-state index in [1.165, 1.54) is 64.3 Å². The molecule has 0 saturated heterocycles. The Morgan fingerprint density at radius 2 is 1.17 bits per heavy atom. The average molecular weight is 717 g/mol. The lowest BCUT2D eigenvalue weighted by atomic mass is 9.48. The quantitative estimate of drug-likeness (QED) is 0.177. The lowest BCUT2D eigenvalue weighted by molar-refractivity contribution is -0.00518. The second kappa shape index (κ2) is 11.6. The van der Waals surface area contributed by atoms with Gasteiger partial charge in [-0.3, -0.25) is 4.98 Å². The number of hydrogen-bond donors (Lipinski definition) is 0. The molecule has 4 aliphatic carbocycles. The lowest BCUT2D eigenvalue weighted by Crippen LogP contribution is -2.48. The fourth-order valence-electron chi connectivity index (χ4n) is 10.8. The van der Waals surface area contributed by atoms with Crippen LogP contribution in [0.25, 0.3) is 87.4 Å². The van der Waals surface area contributed by atoms with E-state index in [0.717, 1.165) is 61.9 Å². The van der Waals surface area contributed by atoms with Crippen molar-refractivity contribution < 1.29 is 4.42 Å². The number of para-hydroxylation sites is 1. The van der Waals surface area contributed by atoms with Gasteiger partial charge in [-0.05, 0) is 121 Å². The summed E-state index contributed by atoms with van der Waals surface area (Å²) in [5.74, 6) is 4.57. The molecule has 0 unspecified atom stereocenters. The van der Waals surface area contributed by atoms with Crippen LogP contribution in [0.1, 0.15) is 44.1 Å². The van der Waals surface area contributed by atoms with Crippen molar-refractivity contribution in [2.45, 2.75) is 43.9 Å². The molecule has 5 aromatic carbocycles. The topological polar surface area (TPSA) is 64.7 Å². The summed E-state index contributed by atoms with van der Waals surface area (Å²) in [6, 6.07) is 41.4. The molecule has 0 amide bonds. The summed E-state index contributed by atoms with van der Waals surface area (Å²) in [6.07, 6.45) is 12.0. The van der Waals surface area contributed by atoms with Crippen LogP contribution in [0.3, 0.4) is 0 Å². The zero-order valence-corrected chi connectivity index (χ0v) is 30.5. The van der Waals surface area contributed by atoms with Crippen LogP contribution in [0.5, 0.6) is 0 Å². The van der Waals surface area contributed by atoms with Gasteiger partial charge in [-0.2, -0.15) is 0 Å². The van der Waals surface area contributed by atoms with Crippen molar-refractivity contribution in [2.75, 3.05) is 0 Å². The van der Waals surface area contributed by atoms with Crippen molar-refractivity contribution in [3.8, 4) is 45.3 Å². The molecule has 13 rings (SSSR count). The van der Waals surface area contributed by atoms with Gasteiger partial charge >= 0.3 is 0 Å². The first kappa shape index (κ1) is 30.7. The van der Waals surface area contributed by atoms with E-state index in [9.17, 15) is 0 Å². The third-order valence-corrected chi connectivity index (χ3v) is 13.9. The molecule has 0 N–H and O–H groups in total. The van der Waals surface area contributed by atoms with Gasteiger partial charge in [0.15, 0.2) is 17.5 Å². The first-order valence-corrected chi connectivity index (χ1v) is 20.1. The van der Waals surface area contributed by atoms with Crippen molar-refractivity contribution in [3.05, 3.63) is 133 Å². The van der Waals surface area contributed by atoms with Crippen LogP contribution < -0.4 is 0 Å². The highest BCUT2D eigenvalue weighted by Gasteiger charge is 2.51. The highest BCUT2D eigenvalue weighted by atomic mass is 32.1. The molecule has 6 heteroatoms. The largest absolute Gasteiger partial charge is 0.455 e. The molecule has 54 heavy (non-hydrogen) atoms. The van der Waals surface area contributed by atoms with Crippen molar-refractivity contribution in [1.29, 1.82) is 0 Å². The van der Waals surface area contributed by atoms with E-state index in [1.807, 2.05) is 24.3 Å². The average Bonchev–Trinajstić information content (AvgIpc) is 3.78. The summed E-state index contributed by atoms with van der Waals surface area (Å²) in [5.41, 5.74) is 8.54. The molecule has 4 bridgehead atoms. The Morgan fingerprint density at radius 3 is 1.94 bits per heavy atom. The monoisotopic (exact) mass is 716 g/mol. The highest BCUT2D eigenvalue weighted by molar-refractivity contribution is 7.25. The molecule has 9 aromatic rings. The number of fused-ring (bicyclic) bond motifs is 6. The summed E-state index contributed by atoms with van der Waals surface area (Å²) < 4.78 is 9.14. The number of benzene rings is 5. The van der Waals surface area contributed by atoms with E-state index in [4.69, 9.17) is 19.4 Å². The summed E-state index contributed by atoms with van der Waals surface area (Å²) in [5, 5.41) is 4.66. The SMILES string of the molecule is c1ccc2c(c1)oc1c(-c3nc(-c4ccncc4)nc(-c4ccc5c(c4)sc4ccccc45)n3)cc(-c3ccc(C45CC6CC(CC(C6)C4)C5)cc3)cc12. The standard InChI is InChI=1S/C48H36N4OS/c1-3-7-41-36(5-1)39-22-34(31-9-12-35(13-10-31)48-25-28-19-29(26-48)21-30(20-28)27-48)23-40(44(39)53-41)47-51-45(32-15-17-49-18-16-32)50-46(52-47)33-11-14-38-37-6-2-4-8-42(37)54-43(38)24-33/h1-18,22-24,28-30H,19-21,25-27H2. The van der Waals surface area contributed by atoms with Crippen LogP contribution in [-0.4, -0.2) is 19.9 Å². The van der Waals surface area contributed by atoms with Gasteiger partial charge in [0.25, 0.3) is 0 Å². The van der Waals surface area contributed by atoms with Gasteiger partial charge in [0.05, 0.1) is 5.56 Å². The molecule has 4 fully saturated rings. The van der Waals surface area contributed by atoms with E-state index in [0.29, 0.717) is 22.9 Å². The molecular weight excluding hydrogens is 681 g/mol. The third-order valence-electron chi connectivity index (χ3n) is 12.8. The fourth-order valence-corrected chi connectivity index (χ4v) is 11.9. The molecule has 0 atom stereocenters. The second-order valence-electron chi connectivity index (χ2n) is 16.1. The van der Waals surface area contributed by atoms with E-state index in [1.54, 1.807) is 29.3 Å². The minimum absolute atomic E-state index is 0.368. The van der Waals surface area contributed by atoms with Gasteiger partial charge in [0, 0.05) is 54.5 Å². The van der Waals surface area contributed by atoms with Crippen LogP contribution >= 0.6 is 11.3 Å². The Kier molecular flexibility index (Phi) is 6.62. The lowest BCUT2D eigenvalue weighted by Gasteiger charge is -2.57. The first-order valence-electron chi connectivity index (χ1n) is 19.3. The Bertz CT molecular complexity index is 2890. The van der Waals surface area contributed by atoms with E-state index in [2.05, 4.69) is 96.0 Å². The molecule has 4 aliphatic rings. The summed E-state index contributed by atoms with van der Waals surface area (Å²) in [7, 11) is 0. The summed E-state index contributed by atoms with van der Waals surface area (Å²) >= 11 is 1.80. The number of pyridine rings is 1. The molecule has 0 spiro atoms. The number of aromatic nitrogens is 4. The van der Waals surface area contributed by atoms with Gasteiger partial charge in [-0.25, -0.2) is 15.0 Å². The maximum absolute atomic E-state index is 6.66. The van der Waals surface area contributed by atoms with Gasteiger partial charge in [0.2, 0.25) is 0 Å². The normalized spacial score (nSPS) is 21.9. The van der Waals surface area contributed by atoms with E-state index < -0.39 is 0 Å². The number of hydrogen-bond acceptors (Lipinski definition) is 6. The molecule has 4 saturated carbocycles. The fraction of sp³-hybridized carbons (Fsp3) is 0.208. The predicted octanol–water partition coefficient (Wildman–Crippen LogP) is 12.7. The van der Waals surface area contributed by atoms with E-state index in [-0.39, 0.29) is 0 Å². The molecular formula is C48H36N4OS. The van der Waals surface area contributed by atoms with Gasteiger partial charge in [-0.15, -0.1) is 11.3 Å². The number of thiophene rings is 1. The molecule has 260 valence electrons.